The number of aryl methyl sites for hydroxylation is 1. The molecule has 1 N–H and O–H groups in total. The molecule has 2 atom stereocenters. The van der Waals surface area contributed by atoms with Gasteiger partial charge in [-0.15, -0.1) is 0 Å². The van der Waals surface area contributed by atoms with Gasteiger partial charge in [0.05, 0.1) is 18.7 Å². The van der Waals surface area contributed by atoms with Crippen LogP contribution in [0.4, 0.5) is 25.6 Å². The summed E-state index contributed by atoms with van der Waals surface area (Å²) in [5, 5.41) is 13.2. The van der Waals surface area contributed by atoms with Crippen molar-refractivity contribution in [2.45, 2.75) is 96.4 Å². The maximum atomic E-state index is 15.1. The van der Waals surface area contributed by atoms with Crippen LogP contribution in [0.25, 0.3) is 11.4 Å². The summed E-state index contributed by atoms with van der Waals surface area (Å²) in [6, 6.07) is 14.2. The first kappa shape index (κ1) is 38.5. The van der Waals surface area contributed by atoms with Crippen LogP contribution in [-0.2, 0) is 9.47 Å². The van der Waals surface area contributed by atoms with Crippen molar-refractivity contribution in [3.05, 3.63) is 59.4 Å². The molecular weight excluding hydrogens is 682 g/mol. The lowest BCUT2D eigenvalue weighted by Crippen LogP contribution is -2.50. The summed E-state index contributed by atoms with van der Waals surface area (Å²) in [7, 11) is -1.25. The van der Waals surface area contributed by atoms with E-state index in [9.17, 15) is 14.9 Å². The Labute approximate surface area is 306 Å². The number of nitriles is 1. The highest BCUT2D eigenvalue weighted by atomic mass is 28.3. The molecule has 1 aromatic heterocycles. The average molecular weight is 732 g/mol. The van der Waals surface area contributed by atoms with Crippen molar-refractivity contribution in [3.8, 4) is 23.2 Å². The Bertz CT molecular complexity index is 1780. The van der Waals surface area contributed by atoms with E-state index in [-0.39, 0.29) is 36.9 Å². The molecule has 0 radical (unpaired) electrons. The van der Waals surface area contributed by atoms with Crippen LogP contribution in [0.3, 0.4) is 0 Å². The number of ether oxygens (including phenoxy) is 3. The fraction of sp³-hybridized carbons (Fsp3) is 0.526. The molecule has 2 fully saturated rings. The number of rotatable bonds is 9. The van der Waals surface area contributed by atoms with Gasteiger partial charge in [-0.1, -0.05) is 25.7 Å². The Balaban J connectivity index is 1.17. The van der Waals surface area contributed by atoms with Crippen LogP contribution in [0.5, 0.6) is 5.75 Å². The van der Waals surface area contributed by atoms with Crippen molar-refractivity contribution in [1.29, 1.82) is 5.26 Å². The Morgan fingerprint density at radius 3 is 2.40 bits per heavy atom. The van der Waals surface area contributed by atoms with Gasteiger partial charge in [-0.3, -0.25) is 0 Å². The third-order valence-electron chi connectivity index (χ3n) is 9.14. The van der Waals surface area contributed by atoms with Gasteiger partial charge < -0.3 is 29.3 Å². The largest absolute Gasteiger partial charge is 0.486 e. The quantitative estimate of drug-likeness (QED) is 0.216. The van der Waals surface area contributed by atoms with Crippen molar-refractivity contribution in [2.24, 2.45) is 0 Å². The fourth-order valence-corrected chi connectivity index (χ4v) is 6.99. The second-order valence-corrected chi connectivity index (χ2v) is 21.3. The third kappa shape index (κ3) is 10.4. The van der Waals surface area contributed by atoms with Crippen LogP contribution in [-0.4, -0.2) is 95.7 Å². The number of hydrogen-bond acceptors (Lipinski definition) is 10. The minimum Gasteiger partial charge on any atom is -0.486 e. The van der Waals surface area contributed by atoms with Gasteiger partial charge in [-0.2, -0.15) is 10.2 Å². The second-order valence-electron chi connectivity index (χ2n) is 15.7. The average Bonchev–Trinajstić information content (AvgIpc) is 3.08. The lowest BCUT2D eigenvalue weighted by molar-refractivity contribution is -0.0106. The topological polar surface area (TPSA) is 143 Å². The number of nitrogens with one attached hydrogen (secondary N) is 1. The van der Waals surface area contributed by atoms with E-state index in [0.29, 0.717) is 43.0 Å². The van der Waals surface area contributed by atoms with Gasteiger partial charge in [0.2, 0.25) is 5.95 Å². The molecule has 1 unspecified atom stereocenters. The Kier molecular flexibility index (Phi) is 12.0. The molecule has 14 heteroatoms. The van der Waals surface area contributed by atoms with Gasteiger partial charge in [0.1, 0.15) is 29.9 Å². The number of anilines is 2. The molecule has 2 saturated heterocycles. The number of benzene rings is 2. The van der Waals surface area contributed by atoms with Crippen LogP contribution in [0.1, 0.15) is 62.6 Å². The highest BCUT2D eigenvalue weighted by molar-refractivity contribution is 6.76. The number of piperidine rings is 2. The van der Waals surface area contributed by atoms with E-state index in [1.54, 1.807) is 39.0 Å². The van der Waals surface area contributed by atoms with E-state index >= 15 is 4.39 Å². The zero-order valence-corrected chi connectivity index (χ0v) is 32.2. The molecule has 2 aliphatic rings. The van der Waals surface area contributed by atoms with Gasteiger partial charge in [-0.25, -0.2) is 23.9 Å². The highest BCUT2D eigenvalue weighted by Gasteiger charge is 2.35. The molecule has 52 heavy (non-hydrogen) atoms. The molecule has 5 rings (SSSR count). The third-order valence-corrected chi connectivity index (χ3v) is 10.8. The molecule has 12 nitrogen and oxygen atoms in total. The maximum Gasteiger partial charge on any atom is 0.410 e. The Morgan fingerprint density at radius 2 is 1.75 bits per heavy atom. The van der Waals surface area contributed by atoms with Crippen molar-refractivity contribution >= 4 is 31.9 Å². The molecule has 3 aromatic rings. The zero-order chi connectivity index (χ0) is 37.6. The Hall–Kier alpha value is -4.77. The first-order valence-corrected chi connectivity index (χ1v) is 21.6. The fourth-order valence-electron chi connectivity index (χ4n) is 6.28. The van der Waals surface area contributed by atoms with E-state index in [0.717, 1.165) is 30.1 Å². The minimum absolute atomic E-state index is 0.154. The molecule has 2 aliphatic heterocycles. The summed E-state index contributed by atoms with van der Waals surface area (Å²) in [4.78, 5) is 41.3. The van der Waals surface area contributed by atoms with E-state index in [1.165, 1.54) is 16.8 Å². The first-order chi connectivity index (χ1) is 24.6. The van der Waals surface area contributed by atoms with Gasteiger partial charge >= 0.3 is 12.2 Å². The van der Waals surface area contributed by atoms with Crippen molar-refractivity contribution in [1.82, 2.24) is 24.8 Å². The lowest BCUT2D eigenvalue weighted by Gasteiger charge is -2.35. The number of aromatic nitrogens is 3. The monoisotopic (exact) mass is 731 g/mol. The second kappa shape index (κ2) is 16.3. The highest BCUT2D eigenvalue weighted by Crippen LogP contribution is 2.33. The molecule has 278 valence electrons. The summed E-state index contributed by atoms with van der Waals surface area (Å²) in [6.45, 7) is 16.2. The first-order valence-electron chi connectivity index (χ1n) is 17.9. The number of nitrogens with zero attached hydrogens (tertiary/aromatic N) is 6. The van der Waals surface area contributed by atoms with E-state index < -0.39 is 32.0 Å². The molecule has 0 spiro atoms. The van der Waals surface area contributed by atoms with E-state index in [1.807, 2.05) is 11.0 Å². The molecule has 0 bridgehead atoms. The minimum atomic E-state index is -1.45. The summed E-state index contributed by atoms with van der Waals surface area (Å²) >= 11 is 0. The summed E-state index contributed by atoms with van der Waals surface area (Å²) in [5.74, 6) is 1.30. The van der Waals surface area contributed by atoms with Crippen LogP contribution in [0.2, 0.25) is 25.7 Å². The number of amides is 2. The smallest absolute Gasteiger partial charge is 0.410 e. The SMILES string of the molecule is Cc1cc(Nc2ncnc(-c3ccc(O[C@H]4CCN(C(=O)OC(C)(C)C)CC4F)c(C#N)c3)n2)ccc1C1CCN(C(=O)OCC[Si](C)(C)C)CC1. The lowest BCUT2D eigenvalue weighted by atomic mass is 9.87. The van der Waals surface area contributed by atoms with Crippen LogP contribution in [0, 0.1) is 18.3 Å². The van der Waals surface area contributed by atoms with Gasteiger partial charge in [-0.05, 0) is 94.0 Å². The van der Waals surface area contributed by atoms with Gasteiger partial charge in [0.15, 0.2) is 12.0 Å². The number of hydrogen-bond donors (Lipinski definition) is 1. The number of alkyl halides is 1. The Morgan fingerprint density at radius 1 is 1.02 bits per heavy atom. The van der Waals surface area contributed by atoms with Crippen LogP contribution < -0.4 is 10.1 Å². The standard InChI is InChI=1S/C38H50FN7O5Si/c1-25-20-29(9-10-30(25)26-12-15-45(16-13-26)36(47)49-18-19-52(5,6)7)43-35-42-24-41-34(44-35)27-8-11-32(28(21-27)22-40)50-33-14-17-46(23-31(33)39)37(48)51-38(2,3)4/h8-11,20-21,24,26,31,33H,12-19,23H2,1-7H3,(H,41,42,43,44)/t31?,33-/m0/s1. The molecular formula is C38H50FN7O5Si. The van der Waals surface area contributed by atoms with Crippen molar-refractivity contribution < 1.29 is 28.2 Å². The number of halogens is 1. The van der Waals surface area contributed by atoms with Crippen molar-refractivity contribution in [2.75, 3.05) is 38.1 Å². The van der Waals surface area contributed by atoms with Crippen LogP contribution in [0.15, 0.2) is 42.7 Å². The van der Waals surface area contributed by atoms with E-state index in [2.05, 4.69) is 65.0 Å². The zero-order valence-electron chi connectivity index (χ0n) is 31.2. The molecule has 2 amide bonds. The number of likely N-dealkylation sites (tertiary alicyclic amines) is 2. The molecule has 0 saturated carbocycles. The predicted octanol–water partition coefficient (Wildman–Crippen LogP) is 7.84. The summed E-state index contributed by atoms with van der Waals surface area (Å²) in [6.07, 6.45) is 0.378. The normalized spacial score (nSPS) is 18.4. The maximum absolute atomic E-state index is 15.1. The van der Waals surface area contributed by atoms with Crippen LogP contribution >= 0.6 is 0 Å². The predicted molar refractivity (Wildman–Crippen MR) is 199 cm³/mol. The number of carbonyl (C=O) groups excluding carboxylic acids is 2. The molecule has 3 heterocycles. The van der Waals surface area contributed by atoms with Gasteiger partial charge in [0, 0.05) is 45.4 Å². The molecule has 0 aliphatic carbocycles. The number of carbonyl (C=O) groups is 2. The summed E-state index contributed by atoms with van der Waals surface area (Å²) < 4.78 is 32.0. The molecule has 2 aromatic carbocycles. The summed E-state index contributed by atoms with van der Waals surface area (Å²) in [5.41, 5.74) is 3.32. The van der Waals surface area contributed by atoms with Crippen molar-refractivity contribution in [3.63, 3.8) is 0 Å². The van der Waals surface area contributed by atoms with E-state index in [4.69, 9.17) is 14.2 Å². The van der Waals surface area contributed by atoms with Gasteiger partial charge in [0.25, 0.3) is 0 Å².